The van der Waals surface area contributed by atoms with Gasteiger partial charge in [-0.1, -0.05) is 0 Å². The Morgan fingerprint density at radius 2 is 1.00 bits per heavy atom. The van der Waals surface area contributed by atoms with Gasteiger partial charge in [0, 0.05) is 11.1 Å². The second kappa shape index (κ2) is 2.51. The lowest BCUT2D eigenvalue weighted by Gasteiger charge is -2.41. The highest BCUT2D eigenvalue weighted by Gasteiger charge is 2.27. The fourth-order valence-corrected chi connectivity index (χ4v) is 1.01. The predicted octanol–water partition coefficient (Wildman–Crippen LogP) is 1.76. The molecular formula is C8H20N2. The second-order valence-corrected chi connectivity index (χ2v) is 4.71. The van der Waals surface area contributed by atoms with Gasteiger partial charge in [0.05, 0.1) is 0 Å². The van der Waals surface area contributed by atoms with E-state index in [4.69, 9.17) is 5.84 Å². The fraction of sp³-hybridized carbons (Fsp3) is 1.00. The smallest absolute Gasteiger partial charge is 0.0273 e. The molecule has 0 heterocycles. The maximum absolute atomic E-state index is 5.86. The van der Waals surface area contributed by atoms with Crippen LogP contribution in [0, 0.1) is 0 Å². The number of rotatable bonds is 0. The van der Waals surface area contributed by atoms with Crippen molar-refractivity contribution in [1.29, 1.82) is 0 Å². The van der Waals surface area contributed by atoms with Crippen LogP contribution in [0.3, 0.4) is 0 Å². The number of hydrazine groups is 1. The first-order chi connectivity index (χ1) is 4.15. The van der Waals surface area contributed by atoms with Gasteiger partial charge in [-0.3, -0.25) is 5.84 Å². The summed E-state index contributed by atoms with van der Waals surface area (Å²) in [4.78, 5) is 0. The quantitative estimate of drug-likeness (QED) is 0.414. The highest BCUT2D eigenvalue weighted by molar-refractivity contribution is 4.81. The first-order valence-electron chi connectivity index (χ1n) is 3.71. The SMILES string of the molecule is CC(C)(C)N(N)C(C)(C)C. The molecule has 0 atom stereocenters. The third kappa shape index (κ3) is 2.67. The van der Waals surface area contributed by atoms with Gasteiger partial charge in [0.25, 0.3) is 0 Å². The minimum atomic E-state index is 0.0538. The summed E-state index contributed by atoms with van der Waals surface area (Å²) in [6, 6.07) is 0. The summed E-state index contributed by atoms with van der Waals surface area (Å²) >= 11 is 0. The second-order valence-electron chi connectivity index (χ2n) is 4.71. The van der Waals surface area contributed by atoms with E-state index in [2.05, 4.69) is 41.5 Å². The first kappa shape index (κ1) is 9.92. The van der Waals surface area contributed by atoms with Crippen LogP contribution in [0.15, 0.2) is 0 Å². The molecule has 2 nitrogen and oxygen atoms in total. The van der Waals surface area contributed by atoms with Gasteiger partial charge in [-0.05, 0) is 41.5 Å². The molecule has 0 aromatic rings. The standard InChI is InChI=1S/C8H20N2/c1-7(2,3)10(9)8(4,5)6/h9H2,1-6H3. The molecule has 0 saturated heterocycles. The fourth-order valence-electron chi connectivity index (χ4n) is 1.01. The maximum Gasteiger partial charge on any atom is 0.0273 e. The van der Waals surface area contributed by atoms with Crippen LogP contribution in [0.4, 0.5) is 0 Å². The van der Waals surface area contributed by atoms with Crippen molar-refractivity contribution in [3.63, 3.8) is 0 Å². The topological polar surface area (TPSA) is 29.3 Å². The maximum atomic E-state index is 5.86. The predicted molar refractivity (Wildman–Crippen MR) is 45.5 cm³/mol. The van der Waals surface area contributed by atoms with E-state index < -0.39 is 0 Å². The summed E-state index contributed by atoms with van der Waals surface area (Å²) in [7, 11) is 0. The molecule has 62 valence electrons. The van der Waals surface area contributed by atoms with Crippen LogP contribution in [-0.4, -0.2) is 16.1 Å². The monoisotopic (exact) mass is 144 g/mol. The van der Waals surface area contributed by atoms with E-state index in [9.17, 15) is 0 Å². The lowest BCUT2D eigenvalue weighted by atomic mass is 9.99. The van der Waals surface area contributed by atoms with E-state index >= 15 is 0 Å². The Kier molecular flexibility index (Phi) is 2.49. The van der Waals surface area contributed by atoms with Crippen LogP contribution >= 0.6 is 0 Å². The van der Waals surface area contributed by atoms with Gasteiger partial charge in [-0.25, -0.2) is 5.01 Å². The third-order valence-corrected chi connectivity index (χ3v) is 1.45. The van der Waals surface area contributed by atoms with Crippen molar-refractivity contribution < 1.29 is 0 Å². The Hall–Kier alpha value is -0.0800. The van der Waals surface area contributed by atoms with Crippen LogP contribution < -0.4 is 5.84 Å². The van der Waals surface area contributed by atoms with E-state index in [1.807, 2.05) is 5.01 Å². The van der Waals surface area contributed by atoms with Gasteiger partial charge in [0.1, 0.15) is 0 Å². The average Bonchev–Trinajstić information content (AvgIpc) is 1.59. The molecule has 10 heavy (non-hydrogen) atoms. The van der Waals surface area contributed by atoms with Crippen LogP contribution in [-0.2, 0) is 0 Å². The van der Waals surface area contributed by atoms with Gasteiger partial charge < -0.3 is 0 Å². The van der Waals surface area contributed by atoms with E-state index in [-0.39, 0.29) is 11.1 Å². The van der Waals surface area contributed by atoms with Crippen LogP contribution in [0.5, 0.6) is 0 Å². The summed E-state index contributed by atoms with van der Waals surface area (Å²) in [6.45, 7) is 12.7. The lowest BCUT2D eigenvalue weighted by Crippen LogP contribution is -2.56. The highest BCUT2D eigenvalue weighted by atomic mass is 15.5. The molecule has 2 heteroatoms. The van der Waals surface area contributed by atoms with Crippen LogP contribution in [0.2, 0.25) is 0 Å². The Morgan fingerprint density at radius 1 is 0.800 bits per heavy atom. The zero-order chi connectivity index (χ0) is 8.58. The Bertz CT molecular complexity index is 91.4. The van der Waals surface area contributed by atoms with Gasteiger partial charge in [-0.2, -0.15) is 0 Å². The van der Waals surface area contributed by atoms with Crippen LogP contribution in [0.25, 0.3) is 0 Å². The van der Waals surface area contributed by atoms with E-state index in [1.54, 1.807) is 0 Å². The molecule has 0 rings (SSSR count). The number of nitrogens with two attached hydrogens (primary N) is 1. The third-order valence-electron chi connectivity index (χ3n) is 1.45. The molecule has 0 bridgehead atoms. The van der Waals surface area contributed by atoms with Crippen molar-refractivity contribution >= 4 is 0 Å². The average molecular weight is 144 g/mol. The molecule has 0 fully saturated rings. The number of hydrogen-bond acceptors (Lipinski definition) is 2. The number of nitrogens with zero attached hydrogens (tertiary/aromatic N) is 1. The first-order valence-corrected chi connectivity index (χ1v) is 3.71. The Morgan fingerprint density at radius 3 is 1.00 bits per heavy atom. The summed E-state index contributed by atoms with van der Waals surface area (Å²) in [5, 5.41) is 1.88. The van der Waals surface area contributed by atoms with Gasteiger partial charge >= 0.3 is 0 Å². The highest BCUT2D eigenvalue weighted by Crippen LogP contribution is 2.19. The summed E-state index contributed by atoms with van der Waals surface area (Å²) in [6.07, 6.45) is 0. The molecule has 0 aliphatic carbocycles. The summed E-state index contributed by atoms with van der Waals surface area (Å²) in [5.41, 5.74) is 0.108. The molecule has 0 amide bonds. The summed E-state index contributed by atoms with van der Waals surface area (Å²) < 4.78 is 0. The lowest BCUT2D eigenvalue weighted by molar-refractivity contribution is 0.0381. The van der Waals surface area contributed by atoms with Gasteiger partial charge in [-0.15, -0.1) is 0 Å². The van der Waals surface area contributed by atoms with E-state index in [0.717, 1.165) is 0 Å². The van der Waals surface area contributed by atoms with Gasteiger partial charge in [0.2, 0.25) is 0 Å². The molecule has 0 saturated carbocycles. The van der Waals surface area contributed by atoms with E-state index in [0.29, 0.717) is 0 Å². The Balaban J connectivity index is 4.23. The molecule has 0 unspecified atom stereocenters. The van der Waals surface area contributed by atoms with Gasteiger partial charge in [0.15, 0.2) is 0 Å². The van der Waals surface area contributed by atoms with Crippen molar-refractivity contribution in [2.75, 3.05) is 0 Å². The zero-order valence-corrected chi connectivity index (χ0v) is 8.02. The largest absolute Gasteiger partial charge is 0.268 e. The molecule has 0 radical (unpaired) electrons. The van der Waals surface area contributed by atoms with Crippen molar-refractivity contribution in [2.24, 2.45) is 5.84 Å². The van der Waals surface area contributed by atoms with Crippen LogP contribution in [0.1, 0.15) is 41.5 Å². The minimum absolute atomic E-state index is 0.0538. The molecule has 0 aromatic carbocycles. The van der Waals surface area contributed by atoms with Crippen molar-refractivity contribution in [2.45, 2.75) is 52.6 Å². The summed E-state index contributed by atoms with van der Waals surface area (Å²) in [5.74, 6) is 5.86. The normalized spacial score (nSPS) is 14.4. The van der Waals surface area contributed by atoms with Crippen molar-refractivity contribution in [3.05, 3.63) is 0 Å². The molecule has 0 aliphatic rings. The van der Waals surface area contributed by atoms with E-state index in [1.165, 1.54) is 0 Å². The molecule has 0 aliphatic heterocycles. The number of hydrogen-bond donors (Lipinski definition) is 1. The molecule has 0 aromatic heterocycles. The molecule has 0 spiro atoms. The van der Waals surface area contributed by atoms with Crippen molar-refractivity contribution in [3.8, 4) is 0 Å². The zero-order valence-electron chi connectivity index (χ0n) is 8.02. The Labute approximate surface area is 64.4 Å². The molecule has 2 N–H and O–H groups in total. The molecular weight excluding hydrogens is 124 g/mol. The minimum Gasteiger partial charge on any atom is -0.268 e. The van der Waals surface area contributed by atoms with Crippen molar-refractivity contribution in [1.82, 2.24) is 5.01 Å².